The molecule has 9 nitrogen and oxygen atoms in total. The minimum Gasteiger partial charge on any atom is -0.497 e. The van der Waals surface area contributed by atoms with Crippen molar-refractivity contribution in [2.75, 3.05) is 19.1 Å². The second-order valence-electron chi connectivity index (χ2n) is 7.84. The molecule has 9 heteroatoms. The van der Waals surface area contributed by atoms with Crippen molar-refractivity contribution in [2.24, 2.45) is 0 Å². The summed E-state index contributed by atoms with van der Waals surface area (Å²) in [6.07, 6.45) is 1.38. The normalized spacial score (nSPS) is 17.3. The molecular weight excluding hydrogens is 424 g/mol. The third kappa shape index (κ3) is 3.93. The van der Waals surface area contributed by atoms with Gasteiger partial charge in [0.2, 0.25) is 5.91 Å². The lowest BCUT2D eigenvalue weighted by atomic mass is 9.93. The molecule has 1 aliphatic rings. The summed E-state index contributed by atoms with van der Waals surface area (Å²) in [7, 11) is 2.77. The van der Waals surface area contributed by atoms with Crippen LogP contribution in [0.3, 0.4) is 0 Å². The molecule has 170 valence electrons. The van der Waals surface area contributed by atoms with Crippen molar-refractivity contribution in [3.05, 3.63) is 77.9 Å². The fraction of sp³-hybridized carbons (Fsp3) is 0.250. The first-order valence-electron chi connectivity index (χ1n) is 10.3. The first-order valence-corrected chi connectivity index (χ1v) is 10.3. The van der Waals surface area contributed by atoms with Crippen molar-refractivity contribution >= 4 is 23.5 Å². The molecule has 4 rings (SSSR count). The average Bonchev–Trinajstić information content (AvgIpc) is 3.26. The van der Waals surface area contributed by atoms with Crippen LogP contribution in [0, 0.1) is 0 Å². The minimum atomic E-state index is -1.29. The maximum Gasteiger partial charge on any atom is 0.359 e. The predicted molar refractivity (Wildman–Crippen MR) is 120 cm³/mol. The molecule has 1 atom stereocenters. The highest BCUT2D eigenvalue weighted by atomic mass is 16.5. The molecule has 0 saturated carbocycles. The largest absolute Gasteiger partial charge is 0.497 e. The molecule has 3 aromatic rings. The van der Waals surface area contributed by atoms with Crippen LogP contribution >= 0.6 is 0 Å². The van der Waals surface area contributed by atoms with E-state index in [0.29, 0.717) is 18.0 Å². The Morgan fingerprint density at radius 2 is 1.79 bits per heavy atom. The Morgan fingerprint density at radius 1 is 1.09 bits per heavy atom. The maximum atomic E-state index is 13.7. The lowest BCUT2D eigenvalue weighted by molar-refractivity contribution is -0.126. The molecule has 0 spiro atoms. The van der Waals surface area contributed by atoms with Crippen LogP contribution in [0.15, 0.2) is 60.9 Å². The van der Waals surface area contributed by atoms with Gasteiger partial charge >= 0.3 is 5.97 Å². The van der Waals surface area contributed by atoms with Gasteiger partial charge in [-0.15, -0.1) is 0 Å². The molecule has 1 unspecified atom stereocenters. The van der Waals surface area contributed by atoms with E-state index in [1.807, 2.05) is 30.3 Å². The van der Waals surface area contributed by atoms with Crippen LogP contribution in [-0.4, -0.2) is 47.1 Å². The number of benzene rings is 2. The van der Waals surface area contributed by atoms with E-state index in [-0.39, 0.29) is 23.8 Å². The number of nitrogens with zero attached hydrogens (tertiary/aromatic N) is 3. The molecular formula is C24H24N4O5. The van der Waals surface area contributed by atoms with E-state index < -0.39 is 17.4 Å². The van der Waals surface area contributed by atoms with Gasteiger partial charge in [0.1, 0.15) is 17.0 Å². The molecule has 0 aliphatic carbocycles. The van der Waals surface area contributed by atoms with Crippen LogP contribution < -0.4 is 15.0 Å². The van der Waals surface area contributed by atoms with E-state index >= 15 is 0 Å². The summed E-state index contributed by atoms with van der Waals surface area (Å²) >= 11 is 0. The van der Waals surface area contributed by atoms with E-state index in [2.05, 4.69) is 10.3 Å². The first-order chi connectivity index (χ1) is 15.9. The van der Waals surface area contributed by atoms with Crippen LogP contribution in [0.25, 0.3) is 0 Å². The highest BCUT2D eigenvalue weighted by Crippen LogP contribution is 2.34. The van der Waals surface area contributed by atoms with Gasteiger partial charge < -0.3 is 19.4 Å². The molecule has 1 aromatic heterocycles. The number of hydrogen-bond acceptors (Lipinski definition) is 6. The molecule has 2 aromatic carbocycles. The number of imidazole rings is 1. The standard InChI is InChI=1S/C24H24N4O5/c1-24(23(31)25-13-16-7-5-4-6-8-16)14-27-15-26-19(22(30)33-3)20(27)21(29)28(24)17-9-11-18(32-2)12-10-17/h4-12,15H,13-14H2,1-3H3,(H,25,31). The molecule has 0 fully saturated rings. The number of nitrogens with one attached hydrogen (secondary N) is 1. The van der Waals surface area contributed by atoms with Crippen molar-refractivity contribution in [2.45, 2.75) is 25.6 Å². The van der Waals surface area contributed by atoms with E-state index in [0.717, 1.165) is 5.56 Å². The highest BCUT2D eigenvalue weighted by molar-refractivity contribution is 6.15. The fourth-order valence-corrected chi connectivity index (χ4v) is 3.98. The Labute approximate surface area is 190 Å². The number of carbonyl (C=O) groups excluding carboxylic acids is 3. The predicted octanol–water partition coefficient (Wildman–Crippen LogP) is 2.41. The highest BCUT2D eigenvalue weighted by Gasteiger charge is 2.49. The SMILES string of the molecule is COC(=O)c1ncn2c1C(=O)N(c1ccc(OC)cc1)C(C)(C(=O)NCc1ccccc1)C2. The van der Waals surface area contributed by atoms with E-state index in [9.17, 15) is 14.4 Å². The van der Waals surface area contributed by atoms with Gasteiger partial charge in [-0.05, 0) is 36.8 Å². The lowest BCUT2D eigenvalue weighted by Crippen LogP contribution is -2.64. The van der Waals surface area contributed by atoms with Gasteiger partial charge in [0.25, 0.3) is 5.91 Å². The number of methoxy groups -OCH3 is 2. The molecule has 33 heavy (non-hydrogen) atoms. The molecule has 0 radical (unpaired) electrons. The molecule has 2 amide bonds. The summed E-state index contributed by atoms with van der Waals surface area (Å²) in [5.41, 5.74) is 0.116. The van der Waals surface area contributed by atoms with Gasteiger partial charge in [-0.25, -0.2) is 9.78 Å². The van der Waals surface area contributed by atoms with Crippen molar-refractivity contribution in [3.8, 4) is 5.75 Å². The van der Waals surface area contributed by atoms with Crippen molar-refractivity contribution in [3.63, 3.8) is 0 Å². The Kier molecular flexibility index (Phi) is 5.87. The van der Waals surface area contributed by atoms with Crippen molar-refractivity contribution in [1.29, 1.82) is 0 Å². The number of ether oxygens (including phenoxy) is 2. The summed E-state index contributed by atoms with van der Waals surface area (Å²) in [5.74, 6) is -0.973. The fourth-order valence-electron chi connectivity index (χ4n) is 3.98. The Morgan fingerprint density at radius 3 is 2.42 bits per heavy atom. The first kappa shape index (κ1) is 22.1. The third-order valence-electron chi connectivity index (χ3n) is 5.71. The number of rotatable bonds is 6. The zero-order valence-electron chi connectivity index (χ0n) is 18.6. The number of carbonyl (C=O) groups is 3. The van der Waals surface area contributed by atoms with Gasteiger partial charge in [-0.1, -0.05) is 30.3 Å². The summed E-state index contributed by atoms with van der Waals surface area (Å²) in [6.45, 7) is 2.10. The molecule has 1 N–H and O–H groups in total. The van der Waals surface area contributed by atoms with E-state index in [1.54, 1.807) is 38.3 Å². The second kappa shape index (κ2) is 8.78. The Bertz CT molecular complexity index is 1190. The van der Waals surface area contributed by atoms with Gasteiger partial charge in [0.05, 0.1) is 27.1 Å². The number of fused-ring (bicyclic) bond motifs is 1. The van der Waals surface area contributed by atoms with Crippen LogP contribution in [0.4, 0.5) is 5.69 Å². The number of aromatic nitrogens is 2. The monoisotopic (exact) mass is 448 g/mol. The number of anilines is 1. The van der Waals surface area contributed by atoms with Gasteiger partial charge in [0, 0.05) is 12.2 Å². The van der Waals surface area contributed by atoms with Crippen LogP contribution in [0.5, 0.6) is 5.75 Å². The summed E-state index contributed by atoms with van der Waals surface area (Å²) in [5, 5.41) is 2.94. The summed E-state index contributed by atoms with van der Waals surface area (Å²) < 4.78 is 11.5. The molecule has 2 heterocycles. The number of amides is 2. The Hall–Kier alpha value is -4.14. The quantitative estimate of drug-likeness (QED) is 0.581. The zero-order valence-corrected chi connectivity index (χ0v) is 18.6. The van der Waals surface area contributed by atoms with Crippen molar-refractivity contribution in [1.82, 2.24) is 14.9 Å². The van der Waals surface area contributed by atoms with Crippen LogP contribution in [0.2, 0.25) is 0 Å². The van der Waals surface area contributed by atoms with Crippen LogP contribution in [-0.2, 0) is 22.6 Å². The zero-order chi connectivity index (χ0) is 23.6. The topological polar surface area (TPSA) is 103 Å². The molecule has 0 bridgehead atoms. The number of esters is 1. The van der Waals surface area contributed by atoms with Crippen LogP contribution in [0.1, 0.15) is 33.5 Å². The third-order valence-corrected chi connectivity index (χ3v) is 5.71. The average molecular weight is 448 g/mol. The molecule has 1 aliphatic heterocycles. The lowest BCUT2D eigenvalue weighted by Gasteiger charge is -2.43. The van der Waals surface area contributed by atoms with E-state index in [1.165, 1.54) is 22.9 Å². The maximum absolute atomic E-state index is 13.7. The summed E-state index contributed by atoms with van der Waals surface area (Å²) in [6, 6.07) is 16.3. The smallest absolute Gasteiger partial charge is 0.359 e. The summed E-state index contributed by atoms with van der Waals surface area (Å²) in [4.78, 5) is 44.9. The second-order valence-corrected chi connectivity index (χ2v) is 7.84. The van der Waals surface area contributed by atoms with Gasteiger partial charge in [0.15, 0.2) is 5.69 Å². The number of hydrogen-bond donors (Lipinski definition) is 1. The van der Waals surface area contributed by atoms with Crippen molar-refractivity contribution < 1.29 is 23.9 Å². The van der Waals surface area contributed by atoms with E-state index in [4.69, 9.17) is 9.47 Å². The molecule has 0 saturated heterocycles. The van der Waals surface area contributed by atoms with Gasteiger partial charge in [-0.3, -0.25) is 14.5 Å². The Balaban J connectivity index is 1.75. The van der Waals surface area contributed by atoms with Gasteiger partial charge in [-0.2, -0.15) is 0 Å². The minimum absolute atomic E-state index is 0.0750.